The Balaban J connectivity index is 2.05. The molecular formula is C23H33N3O5. The van der Waals surface area contributed by atoms with Gasteiger partial charge in [0, 0.05) is 44.4 Å². The number of hydrogen-bond donors (Lipinski definition) is 1. The maximum absolute atomic E-state index is 5.57. The highest BCUT2D eigenvalue weighted by molar-refractivity contribution is 5.79. The molecule has 0 aromatic heterocycles. The Morgan fingerprint density at radius 2 is 1.52 bits per heavy atom. The number of ether oxygens (including phenoxy) is 5. The van der Waals surface area contributed by atoms with Crippen LogP contribution in [0.5, 0.6) is 28.7 Å². The third-order valence-electron chi connectivity index (χ3n) is 4.94. The number of methoxy groups -OCH3 is 5. The molecule has 0 saturated carbocycles. The fourth-order valence-corrected chi connectivity index (χ4v) is 3.37. The maximum Gasteiger partial charge on any atom is 0.203 e. The van der Waals surface area contributed by atoms with Gasteiger partial charge in [-0.15, -0.1) is 0 Å². The molecule has 0 atom stereocenters. The van der Waals surface area contributed by atoms with Crippen molar-refractivity contribution in [1.82, 2.24) is 10.2 Å². The second kappa shape index (κ2) is 11.8. The van der Waals surface area contributed by atoms with Gasteiger partial charge in [-0.25, -0.2) is 0 Å². The summed E-state index contributed by atoms with van der Waals surface area (Å²) in [4.78, 5) is 6.44. The summed E-state index contributed by atoms with van der Waals surface area (Å²) >= 11 is 0. The molecule has 1 N–H and O–H groups in total. The van der Waals surface area contributed by atoms with Crippen LogP contribution in [0.25, 0.3) is 0 Å². The molecule has 0 radical (unpaired) electrons. The molecule has 2 rings (SSSR count). The lowest BCUT2D eigenvalue weighted by Crippen LogP contribution is -2.39. The summed E-state index contributed by atoms with van der Waals surface area (Å²) in [5, 5.41) is 3.40. The van der Waals surface area contributed by atoms with E-state index in [0.717, 1.165) is 35.0 Å². The van der Waals surface area contributed by atoms with Crippen LogP contribution in [0, 0.1) is 0 Å². The number of guanidine groups is 1. The molecule has 2 aromatic rings. The van der Waals surface area contributed by atoms with Gasteiger partial charge in [0.25, 0.3) is 0 Å². The lowest BCUT2D eigenvalue weighted by Gasteiger charge is -2.23. The molecule has 0 spiro atoms. The van der Waals surface area contributed by atoms with Crippen LogP contribution in [0.2, 0.25) is 0 Å². The average molecular weight is 432 g/mol. The van der Waals surface area contributed by atoms with Crippen LogP contribution in [0.4, 0.5) is 0 Å². The minimum Gasteiger partial charge on any atom is -0.497 e. The van der Waals surface area contributed by atoms with Gasteiger partial charge in [-0.05, 0) is 24.6 Å². The van der Waals surface area contributed by atoms with Crippen LogP contribution in [0.1, 0.15) is 11.1 Å². The van der Waals surface area contributed by atoms with E-state index in [0.29, 0.717) is 30.3 Å². The van der Waals surface area contributed by atoms with E-state index in [9.17, 15) is 0 Å². The Morgan fingerprint density at radius 1 is 0.839 bits per heavy atom. The van der Waals surface area contributed by atoms with Gasteiger partial charge in [0.1, 0.15) is 11.5 Å². The van der Waals surface area contributed by atoms with E-state index in [-0.39, 0.29) is 0 Å². The van der Waals surface area contributed by atoms with Gasteiger partial charge in [-0.3, -0.25) is 4.99 Å². The fourth-order valence-electron chi connectivity index (χ4n) is 3.37. The van der Waals surface area contributed by atoms with E-state index in [1.165, 1.54) is 0 Å². The Bertz CT molecular complexity index is 886. The standard InChI is InChI=1S/C23H33N3O5/c1-24-23(26(2)15-17-8-10-18(27-3)14-20(17)29-5)25-13-12-16-9-11-19(28-4)22(31-7)21(16)30-6/h8-11,14H,12-13,15H2,1-7H3,(H,24,25). The van der Waals surface area contributed by atoms with Crippen molar-refractivity contribution < 1.29 is 23.7 Å². The quantitative estimate of drug-likeness (QED) is 0.458. The van der Waals surface area contributed by atoms with Crippen molar-refractivity contribution in [3.63, 3.8) is 0 Å². The number of aliphatic imine (C=N–C) groups is 1. The van der Waals surface area contributed by atoms with Gasteiger partial charge < -0.3 is 33.9 Å². The van der Waals surface area contributed by atoms with Crippen LogP contribution in [-0.4, -0.2) is 67.0 Å². The molecule has 0 amide bonds. The smallest absolute Gasteiger partial charge is 0.203 e. The number of hydrogen-bond acceptors (Lipinski definition) is 6. The second-order valence-corrected chi connectivity index (χ2v) is 6.75. The van der Waals surface area contributed by atoms with E-state index in [2.05, 4.69) is 10.3 Å². The van der Waals surface area contributed by atoms with Crippen molar-refractivity contribution in [1.29, 1.82) is 0 Å². The van der Waals surface area contributed by atoms with E-state index in [4.69, 9.17) is 23.7 Å². The third-order valence-corrected chi connectivity index (χ3v) is 4.94. The Hall–Kier alpha value is -3.29. The first-order chi connectivity index (χ1) is 15.0. The van der Waals surface area contributed by atoms with Crippen molar-refractivity contribution in [2.45, 2.75) is 13.0 Å². The molecule has 0 aliphatic heterocycles. The van der Waals surface area contributed by atoms with Gasteiger partial charge in [-0.1, -0.05) is 6.07 Å². The molecule has 0 bridgehead atoms. The molecule has 0 fully saturated rings. The van der Waals surface area contributed by atoms with Crippen LogP contribution in [0.15, 0.2) is 35.3 Å². The molecule has 31 heavy (non-hydrogen) atoms. The molecule has 0 aliphatic rings. The third kappa shape index (κ3) is 5.87. The Labute approximate surface area is 184 Å². The van der Waals surface area contributed by atoms with Crippen molar-refractivity contribution in [3.05, 3.63) is 41.5 Å². The highest BCUT2D eigenvalue weighted by atomic mass is 16.5. The predicted octanol–water partition coefficient (Wildman–Crippen LogP) is 2.98. The number of rotatable bonds is 10. The number of nitrogens with one attached hydrogen (secondary N) is 1. The topological polar surface area (TPSA) is 73.8 Å². The average Bonchev–Trinajstić information content (AvgIpc) is 2.81. The zero-order chi connectivity index (χ0) is 22.8. The van der Waals surface area contributed by atoms with Gasteiger partial charge in [0.05, 0.1) is 35.5 Å². The summed E-state index contributed by atoms with van der Waals surface area (Å²) in [5.41, 5.74) is 2.05. The zero-order valence-electron chi connectivity index (χ0n) is 19.4. The predicted molar refractivity (Wildman–Crippen MR) is 122 cm³/mol. The van der Waals surface area contributed by atoms with E-state index in [1.54, 1.807) is 42.6 Å². The summed E-state index contributed by atoms with van der Waals surface area (Å²) in [7, 11) is 11.9. The summed E-state index contributed by atoms with van der Waals surface area (Å²) in [5.74, 6) is 4.22. The van der Waals surface area contributed by atoms with Crippen LogP contribution >= 0.6 is 0 Å². The van der Waals surface area contributed by atoms with Crippen LogP contribution < -0.4 is 29.0 Å². The molecular weight excluding hydrogens is 398 g/mol. The lowest BCUT2D eigenvalue weighted by atomic mass is 10.1. The minimum absolute atomic E-state index is 0.593. The Kier molecular flexibility index (Phi) is 9.12. The first-order valence-electron chi connectivity index (χ1n) is 9.93. The van der Waals surface area contributed by atoms with E-state index in [1.807, 2.05) is 42.3 Å². The second-order valence-electron chi connectivity index (χ2n) is 6.75. The van der Waals surface area contributed by atoms with E-state index < -0.39 is 0 Å². The van der Waals surface area contributed by atoms with Gasteiger partial charge >= 0.3 is 0 Å². The van der Waals surface area contributed by atoms with Crippen molar-refractivity contribution in [3.8, 4) is 28.7 Å². The zero-order valence-corrected chi connectivity index (χ0v) is 19.4. The minimum atomic E-state index is 0.593. The molecule has 0 saturated heterocycles. The molecule has 2 aromatic carbocycles. The van der Waals surface area contributed by atoms with Gasteiger partial charge in [0.2, 0.25) is 5.75 Å². The molecule has 170 valence electrons. The first kappa shape index (κ1) is 24.0. The van der Waals surface area contributed by atoms with Crippen molar-refractivity contribution in [2.75, 3.05) is 56.2 Å². The van der Waals surface area contributed by atoms with Crippen LogP contribution in [0.3, 0.4) is 0 Å². The molecule has 0 heterocycles. The summed E-state index contributed by atoms with van der Waals surface area (Å²) < 4.78 is 27.2. The number of nitrogens with zero attached hydrogens (tertiary/aromatic N) is 2. The highest BCUT2D eigenvalue weighted by Crippen LogP contribution is 2.39. The molecule has 8 heteroatoms. The first-order valence-corrected chi connectivity index (χ1v) is 9.93. The summed E-state index contributed by atoms with van der Waals surface area (Å²) in [6, 6.07) is 9.66. The number of benzene rings is 2. The Morgan fingerprint density at radius 3 is 2.10 bits per heavy atom. The van der Waals surface area contributed by atoms with Crippen LogP contribution in [-0.2, 0) is 13.0 Å². The molecule has 8 nitrogen and oxygen atoms in total. The summed E-state index contributed by atoms with van der Waals surface area (Å²) in [6.45, 7) is 1.30. The van der Waals surface area contributed by atoms with E-state index >= 15 is 0 Å². The molecule has 0 unspecified atom stereocenters. The van der Waals surface area contributed by atoms with Gasteiger partial charge in [-0.2, -0.15) is 0 Å². The lowest BCUT2D eigenvalue weighted by molar-refractivity contribution is 0.322. The highest BCUT2D eigenvalue weighted by Gasteiger charge is 2.16. The maximum atomic E-state index is 5.57. The van der Waals surface area contributed by atoms with Gasteiger partial charge in [0.15, 0.2) is 17.5 Å². The fraction of sp³-hybridized carbons (Fsp3) is 0.435. The monoisotopic (exact) mass is 431 g/mol. The largest absolute Gasteiger partial charge is 0.497 e. The molecule has 0 aliphatic carbocycles. The van der Waals surface area contributed by atoms with Crippen molar-refractivity contribution >= 4 is 5.96 Å². The summed E-state index contributed by atoms with van der Waals surface area (Å²) in [6.07, 6.45) is 0.724. The SMILES string of the molecule is CN=C(NCCc1ccc(OC)c(OC)c1OC)N(C)Cc1ccc(OC)cc1OC. The normalized spacial score (nSPS) is 11.0. The van der Waals surface area contributed by atoms with Crippen molar-refractivity contribution in [2.24, 2.45) is 4.99 Å².